The number of hydrogen-bond acceptors (Lipinski definition) is 3. The summed E-state index contributed by atoms with van der Waals surface area (Å²) in [5.41, 5.74) is 1.23. The number of rotatable bonds is 3. The molecule has 0 aliphatic carbocycles. The number of thiophene rings is 1. The summed E-state index contributed by atoms with van der Waals surface area (Å²) >= 11 is 1.72. The molecule has 3 nitrogen and oxygen atoms in total. The Labute approximate surface area is 136 Å². The van der Waals surface area contributed by atoms with Crippen molar-refractivity contribution in [3.63, 3.8) is 0 Å². The van der Waals surface area contributed by atoms with Crippen molar-refractivity contribution in [2.24, 2.45) is 0 Å². The van der Waals surface area contributed by atoms with E-state index in [1.165, 1.54) is 10.4 Å². The molecule has 1 atom stereocenters. The number of likely N-dealkylation sites (N-methyl/N-ethyl adjacent to an activating group) is 1. The lowest BCUT2D eigenvalue weighted by molar-refractivity contribution is -0.135. The molecule has 116 valence electrons. The van der Waals surface area contributed by atoms with Crippen LogP contribution in [0.5, 0.6) is 0 Å². The van der Waals surface area contributed by atoms with Crippen molar-refractivity contribution in [2.45, 2.75) is 19.4 Å². The molecule has 1 aliphatic rings. The Balaban J connectivity index is 1.78. The van der Waals surface area contributed by atoms with E-state index in [2.05, 4.69) is 60.2 Å². The van der Waals surface area contributed by atoms with Gasteiger partial charge >= 0.3 is 0 Å². The van der Waals surface area contributed by atoms with Crippen LogP contribution in [-0.4, -0.2) is 42.4 Å². The van der Waals surface area contributed by atoms with Crippen molar-refractivity contribution in [1.29, 1.82) is 0 Å². The van der Waals surface area contributed by atoms with Crippen molar-refractivity contribution >= 4 is 17.2 Å². The summed E-state index contributed by atoms with van der Waals surface area (Å²) in [6.07, 6.45) is 0.519. The molecule has 0 spiro atoms. The number of nitrogens with zero attached hydrogens (tertiary/aromatic N) is 2. The standard InChI is InChI=1S/C18H22N2OS/c1-14-8-9-16(22-14)12-18(21)20-11-10-19(2)13-17(20)15-6-4-3-5-7-15/h3-9,17H,10-13H2,1-2H3. The number of carbonyl (C=O) groups is 1. The third kappa shape index (κ3) is 3.39. The molecule has 22 heavy (non-hydrogen) atoms. The van der Waals surface area contributed by atoms with Gasteiger partial charge in [-0.05, 0) is 31.7 Å². The summed E-state index contributed by atoms with van der Waals surface area (Å²) < 4.78 is 0. The maximum atomic E-state index is 12.8. The zero-order valence-corrected chi connectivity index (χ0v) is 14.0. The highest BCUT2D eigenvalue weighted by Crippen LogP contribution is 2.26. The SMILES string of the molecule is Cc1ccc(CC(=O)N2CCN(C)CC2c2ccccc2)s1. The van der Waals surface area contributed by atoms with Gasteiger partial charge in [0.1, 0.15) is 0 Å². The summed E-state index contributed by atoms with van der Waals surface area (Å²) in [6, 6.07) is 14.7. The minimum Gasteiger partial charge on any atom is -0.333 e. The van der Waals surface area contributed by atoms with E-state index in [0.29, 0.717) is 6.42 Å². The van der Waals surface area contributed by atoms with Crippen LogP contribution in [-0.2, 0) is 11.2 Å². The molecule has 2 heterocycles. The third-order valence-electron chi connectivity index (χ3n) is 4.21. The zero-order chi connectivity index (χ0) is 15.5. The molecule has 2 aromatic rings. The molecule has 1 fully saturated rings. The second kappa shape index (κ2) is 6.63. The first-order valence-corrected chi connectivity index (χ1v) is 8.53. The molecular weight excluding hydrogens is 292 g/mol. The second-order valence-electron chi connectivity index (χ2n) is 5.96. The lowest BCUT2D eigenvalue weighted by atomic mass is 10.0. The van der Waals surface area contributed by atoms with Crippen LogP contribution in [0.3, 0.4) is 0 Å². The molecule has 0 bridgehead atoms. The molecule has 4 heteroatoms. The fraction of sp³-hybridized carbons (Fsp3) is 0.389. The van der Waals surface area contributed by atoms with Crippen LogP contribution in [0.1, 0.15) is 21.4 Å². The van der Waals surface area contributed by atoms with E-state index in [0.717, 1.165) is 24.5 Å². The molecule has 1 aromatic heterocycles. The lowest BCUT2D eigenvalue weighted by Crippen LogP contribution is -2.49. The molecule has 3 rings (SSSR count). The summed E-state index contributed by atoms with van der Waals surface area (Å²) in [4.78, 5) is 19.6. The van der Waals surface area contributed by atoms with Crippen molar-refractivity contribution in [1.82, 2.24) is 9.80 Å². The summed E-state index contributed by atoms with van der Waals surface area (Å²) in [6.45, 7) is 4.73. The number of piperazine rings is 1. The monoisotopic (exact) mass is 314 g/mol. The predicted molar refractivity (Wildman–Crippen MR) is 91.2 cm³/mol. The average Bonchev–Trinajstić information content (AvgIpc) is 2.93. The smallest absolute Gasteiger partial charge is 0.228 e. The zero-order valence-electron chi connectivity index (χ0n) is 13.2. The van der Waals surface area contributed by atoms with Gasteiger partial charge in [-0.1, -0.05) is 30.3 Å². The predicted octanol–water partition coefficient (Wildman–Crippen LogP) is 3.11. The summed E-state index contributed by atoms with van der Waals surface area (Å²) in [5, 5.41) is 0. The minimum absolute atomic E-state index is 0.161. The highest BCUT2D eigenvalue weighted by atomic mass is 32.1. The molecule has 0 N–H and O–H groups in total. The fourth-order valence-electron chi connectivity index (χ4n) is 3.01. The first-order chi connectivity index (χ1) is 10.6. The van der Waals surface area contributed by atoms with E-state index in [1.54, 1.807) is 11.3 Å². The van der Waals surface area contributed by atoms with Crippen LogP contribution in [0.15, 0.2) is 42.5 Å². The Kier molecular flexibility index (Phi) is 4.60. The minimum atomic E-state index is 0.161. The number of benzene rings is 1. The topological polar surface area (TPSA) is 23.6 Å². The van der Waals surface area contributed by atoms with Crippen LogP contribution < -0.4 is 0 Å². The van der Waals surface area contributed by atoms with Crippen molar-refractivity contribution < 1.29 is 4.79 Å². The number of aryl methyl sites for hydroxylation is 1. The van der Waals surface area contributed by atoms with Crippen molar-refractivity contribution in [3.8, 4) is 0 Å². The molecule has 1 aromatic carbocycles. The van der Waals surface area contributed by atoms with Gasteiger partial charge in [-0.3, -0.25) is 4.79 Å². The van der Waals surface area contributed by atoms with E-state index < -0.39 is 0 Å². The highest BCUT2D eigenvalue weighted by molar-refractivity contribution is 7.12. The van der Waals surface area contributed by atoms with Crippen molar-refractivity contribution in [3.05, 3.63) is 57.8 Å². The Morgan fingerprint density at radius 2 is 1.95 bits per heavy atom. The summed E-state index contributed by atoms with van der Waals surface area (Å²) in [5.74, 6) is 0.240. The Bertz CT molecular complexity index is 638. The van der Waals surface area contributed by atoms with E-state index in [-0.39, 0.29) is 11.9 Å². The molecule has 0 saturated carbocycles. The average molecular weight is 314 g/mol. The van der Waals surface area contributed by atoms with Crippen LogP contribution in [0.2, 0.25) is 0 Å². The van der Waals surface area contributed by atoms with E-state index in [9.17, 15) is 4.79 Å². The third-order valence-corrected chi connectivity index (χ3v) is 5.21. The van der Waals surface area contributed by atoms with Gasteiger partial charge in [-0.15, -0.1) is 11.3 Å². The van der Waals surface area contributed by atoms with Crippen LogP contribution in [0.25, 0.3) is 0 Å². The van der Waals surface area contributed by atoms with Gasteiger partial charge < -0.3 is 9.80 Å². The lowest BCUT2D eigenvalue weighted by Gasteiger charge is -2.40. The molecule has 1 aliphatic heterocycles. The van der Waals surface area contributed by atoms with Gasteiger partial charge in [0.2, 0.25) is 5.91 Å². The maximum Gasteiger partial charge on any atom is 0.228 e. The Hall–Kier alpha value is -1.65. The molecular formula is C18H22N2OS. The number of amides is 1. The van der Waals surface area contributed by atoms with Crippen LogP contribution in [0, 0.1) is 6.92 Å². The Morgan fingerprint density at radius 1 is 1.18 bits per heavy atom. The fourth-order valence-corrected chi connectivity index (χ4v) is 3.89. The normalized spacial score (nSPS) is 19.4. The molecule has 1 unspecified atom stereocenters. The van der Waals surface area contributed by atoms with Gasteiger partial charge in [-0.25, -0.2) is 0 Å². The van der Waals surface area contributed by atoms with E-state index in [4.69, 9.17) is 0 Å². The largest absolute Gasteiger partial charge is 0.333 e. The second-order valence-corrected chi connectivity index (χ2v) is 7.34. The maximum absolute atomic E-state index is 12.8. The summed E-state index contributed by atoms with van der Waals surface area (Å²) in [7, 11) is 2.13. The number of carbonyl (C=O) groups excluding carboxylic acids is 1. The van der Waals surface area contributed by atoms with Gasteiger partial charge in [0.15, 0.2) is 0 Å². The first-order valence-electron chi connectivity index (χ1n) is 7.72. The molecule has 1 saturated heterocycles. The molecule has 1 amide bonds. The highest BCUT2D eigenvalue weighted by Gasteiger charge is 2.30. The van der Waals surface area contributed by atoms with Gasteiger partial charge in [0.25, 0.3) is 0 Å². The molecule has 0 radical (unpaired) electrons. The number of hydrogen-bond donors (Lipinski definition) is 0. The van der Waals surface area contributed by atoms with Gasteiger partial charge in [0, 0.05) is 29.4 Å². The van der Waals surface area contributed by atoms with E-state index >= 15 is 0 Å². The van der Waals surface area contributed by atoms with Gasteiger partial charge in [-0.2, -0.15) is 0 Å². The van der Waals surface area contributed by atoms with Crippen LogP contribution >= 0.6 is 11.3 Å². The van der Waals surface area contributed by atoms with Crippen molar-refractivity contribution in [2.75, 3.05) is 26.7 Å². The first kappa shape index (κ1) is 15.3. The van der Waals surface area contributed by atoms with Gasteiger partial charge in [0.05, 0.1) is 12.5 Å². The quantitative estimate of drug-likeness (QED) is 0.869. The van der Waals surface area contributed by atoms with E-state index in [1.807, 2.05) is 6.07 Å². The van der Waals surface area contributed by atoms with Crippen LogP contribution in [0.4, 0.5) is 0 Å². The Morgan fingerprint density at radius 3 is 2.64 bits per heavy atom.